The highest BCUT2D eigenvalue weighted by atomic mass is 32.1. The van der Waals surface area contributed by atoms with Crippen molar-refractivity contribution in [3.63, 3.8) is 0 Å². The van der Waals surface area contributed by atoms with E-state index in [2.05, 4.69) is 42.9 Å². The maximum atomic E-state index is 4.17. The highest BCUT2D eigenvalue weighted by Crippen LogP contribution is 2.28. The van der Waals surface area contributed by atoms with Gasteiger partial charge >= 0.3 is 0 Å². The molecule has 4 heteroatoms. The Bertz CT molecular complexity index is 342. The molecular weight excluding hydrogens is 230 g/mol. The van der Waals surface area contributed by atoms with Crippen LogP contribution >= 0.6 is 11.3 Å². The first-order valence-corrected chi connectivity index (χ1v) is 7.19. The zero-order chi connectivity index (χ0) is 12.5. The van der Waals surface area contributed by atoms with Crippen LogP contribution < -0.4 is 5.32 Å². The minimum absolute atomic E-state index is 0.317. The Labute approximate surface area is 108 Å². The molecular formula is C13H23N3S. The number of hydrogen-bond donors (Lipinski definition) is 1. The molecule has 1 saturated heterocycles. The zero-order valence-corrected chi connectivity index (χ0v) is 12.0. The molecule has 2 unspecified atom stereocenters. The number of aromatic nitrogens is 1. The Kier molecular flexibility index (Phi) is 3.85. The van der Waals surface area contributed by atoms with Gasteiger partial charge in [0.1, 0.15) is 0 Å². The highest BCUT2D eigenvalue weighted by molar-refractivity contribution is 7.09. The molecule has 0 amide bonds. The van der Waals surface area contributed by atoms with Crippen molar-refractivity contribution in [1.29, 1.82) is 0 Å². The van der Waals surface area contributed by atoms with E-state index < -0.39 is 0 Å². The predicted octanol–water partition coefficient (Wildman–Crippen LogP) is 2.35. The fourth-order valence-electron chi connectivity index (χ4n) is 2.53. The Balaban J connectivity index is 2.09. The van der Waals surface area contributed by atoms with Gasteiger partial charge in [-0.1, -0.05) is 20.8 Å². The third-order valence-electron chi connectivity index (χ3n) is 3.45. The van der Waals surface area contributed by atoms with E-state index in [1.165, 1.54) is 4.88 Å². The van der Waals surface area contributed by atoms with Gasteiger partial charge in [0.2, 0.25) is 0 Å². The van der Waals surface area contributed by atoms with Crippen molar-refractivity contribution in [1.82, 2.24) is 15.2 Å². The molecule has 0 bridgehead atoms. The second kappa shape index (κ2) is 5.04. The molecule has 17 heavy (non-hydrogen) atoms. The van der Waals surface area contributed by atoms with Crippen LogP contribution in [-0.4, -0.2) is 35.1 Å². The van der Waals surface area contributed by atoms with Crippen molar-refractivity contribution in [2.24, 2.45) is 5.41 Å². The Morgan fingerprint density at radius 3 is 2.88 bits per heavy atom. The van der Waals surface area contributed by atoms with Gasteiger partial charge in [-0.15, -0.1) is 11.3 Å². The standard InChI is InChI=1S/C13H23N3S/c1-10-7-16(8-11-5-14-9-17-11)12(6-15-10)13(2,3)4/h5,9-10,12,15H,6-8H2,1-4H3. The molecule has 2 heterocycles. The van der Waals surface area contributed by atoms with Crippen LogP contribution in [0, 0.1) is 5.41 Å². The lowest BCUT2D eigenvalue weighted by Gasteiger charge is -2.45. The molecule has 3 nitrogen and oxygen atoms in total. The molecule has 0 aliphatic carbocycles. The van der Waals surface area contributed by atoms with Gasteiger partial charge in [0.05, 0.1) is 5.51 Å². The summed E-state index contributed by atoms with van der Waals surface area (Å²) in [6.07, 6.45) is 2.00. The van der Waals surface area contributed by atoms with E-state index >= 15 is 0 Å². The average molecular weight is 253 g/mol. The quantitative estimate of drug-likeness (QED) is 0.877. The summed E-state index contributed by atoms with van der Waals surface area (Å²) < 4.78 is 0. The molecule has 96 valence electrons. The number of piperazine rings is 1. The number of thiazole rings is 1. The second-order valence-corrected chi connectivity index (χ2v) is 7.06. The van der Waals surface area contributed by atoms with Crippen LogP contribution in [0.3, 0.4) is 0 Å². The smallest absolute Gasteiger partial charge is 0.0794 e. The summed E-state index contributed by atoms with van der Waals surface area (Å²) in [5.41, 5.74) is 2.24. The van der Waals surface area contributed by atoms with E-state index in [0.717, 1.165) is 19.6 Å². The molecule has 0 aromatic carbocycles. The van der Waals surface area contributed by atoms with Crippen LogP contribution in [-0.2, 0) is 6.54 Å². The molecule has 1 aromatic rings. The van der Waals surface area contributed by atoms with Crippen molar-refractivity contribution < 1.29 is 0 Å². The van der Waals surface area contributed by atoms with Gasteiger partial charge in [-0.2, -0.15) is 0 Å². The summed E-state index contributed by atoms with van der Waals surface area (Å²) in [5, 5.41) is 3.59. The molecule has 0 saturated carbocycles. The van der Waals surface area contributed by atoms with Crippen LogP contribution in [0.25, 0.3) is 0 Å². The van der Waals surface area contributed by atoms with E-state index in [4.69, 9.17) is 0 Å². The van der Waals surface area contributed by atoms with Gasteiger partial charge in [0.25, 0.3) is 0 Å². The summed E-state index contributed by atoms with van der Waals surface area (Å²) in [5.74, 6) is 0. The molecule has 0 spiro atoms. The zero-order valence-electron chi connectivity index (χ0n) is 11.2. The lowest BCUT2D eigenvalue weighted by molar-refractivity contribution is 0.0534. The van der Waals surface area contributed by atoms with Crippen LogP contribution in [0.2, 0.25) is 0 Å². The number of nitrogens with one attached hydrogen (secondary N) is 1. The van der Waals surface area contributed by atoms with Gasteiger partial charge in [-0.05, 0) is 12.3 Å². The van der Waals surface area contributed by atoms with Crippen LogP contribution in [0.1, 0.15) is 32.6 Å². The van der Waals surface area contributed by atoms with E-state index in [-0.39, 0.29) is 0 Å². The fraction of sp³-hybridized carbons (Fsp3) is 0.769. The van der Waals surface area contributed by atoms with Crippen molar-refractivity contribution in [2.45, 2.75) is 46.3 Å². The fourth-order valence-corrected chi connectivity index (χ4v) is 3.15. The topological polar surface area (TPSA) is 28.2 Å². The number of nitrogens with zero attached hydrogens (tertiary/aromatic N) is 2. The van der Waals surface area contributed by atoms with Gasteiger partial charge in [-0.25, -0.2) is 0 Å². The first-order chi connectivity index (χ1) is 7.97. The molecule has 1 fully saturated rings. The molecule has 0 radical (unpaired) electrons. The van der Waals surface area contributed by atoms with Gasteiger partial charge < -0.3 is 5.32 Å². The number of hydrogen-bond acceptors (Lipinski definition) is 4. The van der Waals surface area contributed by atoms with E-state index in [0.29, 0.717) is 17.5 Å². The minimum Gasteiger partial charge on any atom is -0.311 e. The van der Waals surface area contributed by atoms with Gasteiger partial charge in [0.15, 0.2) is 0 Å². The molecule has 2 rings (SSSR count). The molecule has 2 atom stereocenters. The van der Waals surface area contributed by atoms with Crippen molar-refractivity contribution >= 4 is 11.3 Å². The average Bonchev–Trinajstić information content (AvgIpc) is 2.68. The first-order valence-electron chi connectivity index (χ1n) is 6.31. The lowest BCUT2D eigenvalue weighted by atomic mass is 9.84. The van der Waals surface area contributed by atoms with Gasteiger partial charge in [-0.3, -0.25) is 9.88 Å². The summed E-state index contributed by atoms with van der Waals surface area (Å²) in [6, 6.07) is 1.18. The second-order valence-electron chi connectivity index (χ2n) is 6.09. The maximum absolute atomic E-state index is 4.17. The molecule has 1 aliphatic rings. The largest absolute Gasteiger partial charge is 0.311 e. The predicted molar refractivity (Wildman–Crippen MR) is 73.2 cm³/mol. The van der Waals surface area contributed by atoms with Crippen LogP contribution in [0.5, 0.6) is 0 Å². The maximum Gasteiger partial charge on any atom is 0.0794 e. The molecule has 1 aliphatic heterocycles. The van der Waals surface area contributed by atoms with Crippen molar-refractivity contribution in [2.75, 3.05) is 13.1 Å². The Morgan fingerprint density at radius 2 is 2.29 bits per heavy atom. The SMILES string of the molecule is CC1CN(Cc2cncs2)C(C(C)(C)C)CN1. The van der Waals surface area contributed by atoms with Crippen molar-refractivity contribution in [3.8, 4) is 0 Å². The number of rotatable bonds is 2. The summed E-state index contributed by atoms with van der Waals surface area (Å²) in [6.45, 7) is 12.5. The third kappa shape index (κ3) is 3.27. The Morgan fingerprint density at radius 1 is 1.53 bits per heavy atom. The van der Waals surface area contributed by atoms with Crippen LogP contribution in [0.4, 0.5) is 0 Å². The summed E-state index contributed by atoms with van der Waals surface area (Å²) >= 11 is 1.76. The van der Waals surface area contributed by atoms with Gasteiger partial charge in [0, 0.05) is 42.8 Å². The summed E-state index contributed by atoms with van der Waals surface area (Å²) in [4.78, 5) is 8.14. The Hall–Kier alpha value is -0.450. The minimum atomic E-state index is 0.317. The normalized spacial score (nSPS) is 27.3. The van der Waals surface area contributed by atoms with E-state index in [1.54, 1.807) is 11.3 Å². The lowest BCUT2D eigenvalue weighted by Crippen LogP contribution is -2.59. The van der Waals surface area contributed by atoms with Crippen molar-refractivity contribution in [3.05, 3.63) is 16.6 Å². The molecule has 1 aromatic heterocycles. The highest BCUT2D eigenvalue weighted by Gasteiger charge is 2.34. The van der Waals surface area contributed by atoms with E-state index in [1.807, 2.05) is 11.7 Å². The molecule has 1 N–H and O–H groups in total. The monoisotopic (exact) mass is 253 g/mol. The van der Waals surface area contributed by atoms with Crippen LogP contribution in [0.15, 0.2) is 11.7 Å². The van der Waals surface area contributed by atoms with E-state index in [9.17, 15) is 0 Å². The first kappa shape index (κ1) is 13.0. The summed E-state index contributed by atoms with van der Waals surface area (Å²) in [7, 11) is 0. The third-order valence-corrected chi connectivity index (χ3v) is 4.22.